The van der Waals surface area contributed by atoms with E-state index in [-0.39, 0.29) is 5.92 Å². The molecule has 0 aromatic carbocycles. The molecule has 1 heteroatoms. The molecule has 2 fully saturated rings. The topological polar surface area (TPSA) is 0 Å². The third-order valence-electron chi connectivity index (χ3n) is 9.48. The second-order valence-corrected chi connectivity index (χ2v) is 11.6. The average Bonchev–Trinajstić information content (AvgIpc) is 2.76. The third kappa shape index (κ3) is 8.12. The molecular formula is C29H55F. The molecule has 0 aromatic rings. The van der Waals surface area contributed by atoms with E-state index in [0.29, 0.717) is 11.8 Å². The van der Waals surface area contributed by atoms with Crippen molar-refractivity contribution in [2.45, 2.75) is 144 Å². The molecule has 2 aliphatic rings. The van der Waals surface area contributed by atoms with Crippen LogP contribution >= 0.6 is 0 Å². The monoisotopic (exact) mass is 422 g/mol. The van der Waals surface area contributed by atoms with Gasteiger partial charge in [0.15, 0.2) is 0 Å². The summed E-state index contributed by atoms with van der Waals surface area (Å²) in [6.07, 6.45) is 21.7. The van der Waals surface area contributed by atoms with Gasteiger partial charge in [-0.3, -0.25) is 0 Å². The van der Waals surface area contributed by atoms with E-state index >= 15 is 0 Å². The minimum absolute atomic E-state index is 0.287. The lowest BCUT2D eigenvalue weighted by Crippen LogP contribution is -2.38. The number of unbranched alkanes of at least 4 members (excludes halogenated alkanes) is 5. The van der Waals surface area contributed by atoms with E-state index < -0.39 is 6.17 Å². The van der Waals surface area contributed by atoms with E-state index in [0.717, 1.165) is 30.1 Å². The van der Waals surface area contributed by atoms with Crippen LogP contribution in [-0.4, -0.2) is 6.17 Å². The normalized spacial score (nSPS) is 34.6. The summed E-state index contributed by atoms with van der Waals surface area (Å²) in [6, 6.07) is 0. The molecule has 0 spiro atoms. The van der Waals surface area contributed by atoms with Crippen LogP contribution in [0, 0.1) is 41.4 Å². The highest BCUT2D eigenvalue weighted by Gasteiger charge is 2.40. The molecule has 0 radical (unpaired) electrons. The van der Waals surface area contributed by atoms with Crippen LogP contribution in [0.4, 0.5) is 4.39 Å². The molecule has 0 amide bonds. The van der Waals surface area contributed by atoms with Gasteiger partial charge in [0.25, 0.3) is 0 Å². The van der Waals surface area contributed by atoms with Crippen molar-refractivity contribution in [3.63, 3.8) is 0 Å². The largest absolute Gasteiger partial charge is 0.247 e. The van der Waals surface area contributed by atoms with Crippen molar-refractivity contribution < 1.29 is 4.39 Å². The first-order valence-corrected chi connectivity index (χ1v) is 14.1. The zero-order valence-corrected chi connectivity index (χ0v) is 21.3. The van der Waals surface area contributed by atoms with Gasteiger partial charge < -0.3 is 0 Å². The van der Waals surface area contributed by atoms with Crippen LogP contribution in [0.25, 0.3) is 0 Å². The zero-order valence-electron chi connectivity index (χ0n) is 21.3. The smallest absolute Gasteiger partial charge is 0.105 e. The summed E-state index contributed by atoms with van der Waals surface area (Å²) in [5.41, 5.74) is 0. The van der Waals surface area contributed by atoms with Crippen molar-refractivity contribution in [1.82, 2.24) is 0 Å². The molecule has 2 aliphatic carbocycles. The Morgan fingerprint density at radius 1 is 0.767 bits per heavy atom. The second-order valence-electron chi connectivity index (χ2n) is 11.6. The molecule has 2 rings (SSSR count). The molecule has 0 bridgehead atoms. The Labute approximate surface area is 189 Å². The molecule has 30 heavy (non-hydrogen) atoms. The maximum absolute atomic E-state index is 14.6. The van der Waals surface area contributed by atoms with E-state index in [2.05, 4.69) is 34.6 Å². The molecule has 0 aliphatic heterocycles. The molecule has 0 saturated heterocycles. The lowest BCUT2D eigenvalue weighted by Gasteiger charge is -2.43. The molecule has 0 heterocycles. The molecule has 0 N–H and O–H groups in total. The van der Waals surface area contributed by atoms with Gasteiger partial charge in [0.05, 0.1) is 0 Å². The fraction of sp³-hybridized carbons (Fsp3) is 1.00. The van der Waals surface area contributed by atoms with Crippen LogP contribution in [0.15, 0.2) is 0 Å². The van der Waals surface area contributed by atoms with E-state index in [9.17, 15) is 4.39 Å². The lowest BCUT2D eigenvalue weighted by molar-refractivity contribution is 0.0226. The molecule has 6 unspecified atom stereocenters. The van der Waals surface area contributed by atoms with Gasteiger partial charge in [0.1, 0.15) is 6.17 Å². The number of rotatable bonds is 13. The molecule has 0 nitrogen and oxygen atoms in total. The van der Waals surface area contributed by atoms with Gasteiger partial charge in [-0.15, -0.1) is 0 Å². The average molecular weight is 423 g/mol. The van der Waals surface area contributed by atoms with Crippen molar-refractivity contribution in [3.8, 4) is 0 Å². The summed E-state index contributed by atoms with van der Waals surface area (Å²) in [6.45, 7) is 11.6. The van der Waals surface area contributed by atoms with Crippen molar-refractivity contribution in [1.29, 1.82) is 0 Å². The number of hydrogen-bond donors (Lipinski definition) is 0. The Kier molecular flexibility index (Phi) is 12.4. The molecular weight excluding hydrogens is 367 g/mol. The minimum atomic E-state index is -0.557. The fourth-order valence-corrected chi connectivity index (χ4v) is 6.94. The van der Waals surface area contributed by atoms with Gasteiger partial charge in [-0.05, 0) is 80.0 Å². The van der Waals surface area contributed by atoms with Crippen molar-refractivity contribution in [3.05, 3.63) is 0 Å². The minimum Gasteiger partial charge on any atom is -0.247 e. The van der Waals surface area contributed by atoms with Crippen LogP contribution in [0.1, 0.15) is 137 Å². The molecule has 0 aromatic heterocycles. The molecule has 2 saturated carbocycles. The number of hydrogen-bond acceptors (Lipinski definition) is 0. The Hall–Kier alpha value is -0.0700. The molecule has 6 atom stereocenters. The highest BCUT2D eigenvalue weighted by molar-refractivity contribution is 4.89. The highest BCUT2D eigenvalue weighted by atomic mass is 19.1. The van der Waals surface area contributed by atoms with Crippen molar-refractivity contribution in [2.24, 2.45) is 41.4 Å². The zero-order chi connectivity index (χ0) is 21.9. The van der Waals surface area contributed by atoms with Crippen LogP contribution in [0.5, 0.6) is 0 Å². The summed E-state index contributed by atoms with van der Waals surface area (Å²) < 4.78 is 14.6. The van der Waals surface area contributed by atoms with E-state index in [4.69, 9.17) is 0 Å². The van der Waals surface area contributed by atoms with E-state index in [1.54, 1.807) is 0 Å². The Bertz CT molecular complexity index is 424. The molecule has 178 valence electrons. The van der Waals surface area contributed by atoms with Crippen LogP contribution in [0.2, 0.25) is 0 Å². The quantitative estimate of drug-likeness (QED) is 0.259. The van der Waals surface area contributed by atoms with E-state index in [1.165, 1.54) is 96.3 Å². The summed E-state index contributed by atoms with van der Waals surface area (Å²) in [5.74, 6) is 4.84. The predicted molar refractivity (Wildman–Crippen MR) is 132 cm³/mol. The van der Waals surface area contributed by atoms with Gasteiger partial charge in [0.2, 0.25) is 0 Å². The Morgan fingerprint density at radius 3 is 2.10 bits per heavy atom. The lowest BCUT2D eigenvalue weighted by atomic mass is 9.63. The number of halogens is 1. The summed E-state index contributed by atoms with van der Waals surface area (Å²) in [4.78, 5) is 0. The summed E-state index contributed by atoms with van der Waals surface area (Å²) >= 11 is 0. The van der Waals surface area contributed by atoms with Crippen LogP contribution < -0.4 is 0 Å². The van der Waals surface area contributed by atoms with E-state index in [1.807, 2.05) is 0 Å². The van der Waals surface area contributed by atoms with Crippen molar-refractivity contribution >= 4 is 0 Å². The Balaban J connectivity index is 1.64. The second kappa shape index (κ2) is 14.2. The van der Waals surface area contributed by atoms with Crippen LogP contribution in [0.3, 0.4) is 0 Å². The summed E-state index contributed by atoms with van der Waals surface area (Å²) in [5, 5.41) is 0. The first-order chi connectivity index (χ1) is 14.5. The maximum atomic E-state index is 14.6. The van der Waals surface area contributed by atoms with Crippen molar-refractivity contribution in [2.75, 3.05) is 0 Å². The standard InChI is InChI=1S/C29H55F/c1-6-8-9-10-11-12-13-25(7-2)16-14-22(3)26-17-19-27(20-18-26)28-21-15-23(4)29(30)24(28)5/h22-29H,6-21H2,1-5H3. The highest BCUT2D eigenvalue weighted by Crippen LogP contribution is 2.46. The first-order valence-electron chi connectivity index (χ1n) is 14.1. The SMILES string of the molecule is CCCCCCCCC(CC)CCC(C)C1CCC(C2CCC(C)C(F)C2C)CC1. The van der Waals surface area contributed by atoms with Gasteiger partial charge in [0, 0.05) is 0 Å². The number of alkyl halides is 1. The van der Waals surface area contributed by atoms with Gasteiger partial charge in [-0.25, -0.2) is 4.39 Å². The first kappa shape index (κ1) is 26.2. The predicted octanol–water partition coefficient (Wildman–Crippen LogP) is 10.0. The van der Waals surface area contributed by atoms with Gasteiger partial charge in [-0.2, -0.15) is 0 Å². The fourth-order valence-electron chi connectivity index (χ4n) is 6.94. The third-order valence-corrected chi connectivity index (χ3v) is 9.48. The van der Waals surface area contributed by atoms with Gasteiger partial charge in [-0.1, -0.05) is 98.8 Å². The Morgan fingerprint density at radius 2 is 1.43 bits per heavy atom. The maximum Gasteiger partial charge on any atom is 0.105 e. The van der Waals surface area contributed by atoms with Crippen LogP contribution in [-0.2, 0) is 0 Å². The summed E-state index contributed by atoms with van der Waals surface area (Å²) in [7, 11) is 0. The van der Waals surface area contributed by atoms with Gasteiger partial charge >= 0.3 is 0 Å².